The Bertz CT molecular complexity index is 2750. The molecule has 13 rings (SSSR count). The lowest BCUT2D eigenvalue weighted by Gasteiger charge is -2.52. The van der Waals surface area contributed by atoms with E-state index in [-0.39, 0.29) is 22.3 Å². The van der Waals surface area contributed by atoms with Gasteiger partial charge in [-0.25, -0.2) is 0 Å². The predicted octanol–water partition coefficient (Wildman–Crippen LogP) is 19.3. The van der Waals surface area contributed by atoms with Gasteiger partial charge in [-0.1, -0.05) is 155 Å². The molecule has 11 aliphatic carbocycles. The lowest BCUT2D eigenvalue weighted by molar-refractivity contribution is 0.0753. The Morgan fingerprint density at radius 1 is 0.692 bits per heavy atom. The Morgan fingerprint density at radius 2 is 1.53 bits per heavy atom. The molecular weight excluding hydrogens is 945 g/mol. The Labute approximate surface area is 473 Å². The minimum Gasteiger partial charge on any atom is -0.490 e. The molecule has 0 saturated heterocycles. The zero-order valence-corrected chi connectivity index (χ0v) is 48.7. The molecule has 1 aromatic rings. The van der Waals surface area contributed by atoms with Crippen LogP contribution in [0.5, 0.6) is 0 Å². The summed E-state index contributed by atoms with van der Waals surface area (Å²) in [5.74, 6) is 4.84. The monoisotopic (exact) mass is 1040 g/mol. The summed E-state index contributed by atoms with van der Waals surface area (Å²) < 4.78 is 6.82. The van der Waals surface area contributed by atoms with Crippen LogP contribution >= 0.6 is 0 Å². The highest BCUT2D eigenvalue weighted by Crippen LogP contribution is 2.68. The third kappa shape index (κ3) is 9.44. The number of anilines is 1. The molecule has 0 N–H and O–H groups in total. The topological polar surface area (TPSA) is 15.7 Å². The smallest absolute Gasteiger partial charge is 0.115 e. The Balaban J connectivity index is 0.804. The van der Waals surface area contributed by atoms with Gasteiger partial charge < -0.3 is 9.64 Å². The number of allylic oxidation sites excluding steroid dienone is 16. The minimum absolute atomic E-state index is 0.0158. The summed E-state index contributed by atoms with van der Waals surface area (Å²) in [7, 11) is 0. The molecule has 4 fully saturated rings. The summed E-state index contributed by atoms with van der Waals surface area (Å²) in [4.78, 5) is 6.14. The van der Waals surface area contributed by atoms with Gasteiger partial charge in [0.05, 0.1) is 0 Å². The summed E-state index contributed by atoms with van der Waals surface area (Å²) in [5, 5.41) is 0. The van der Waals surface area contributed by atoms with Crippen LogP contribution in [0.1, 0.15) is 211 Å². The highest BCUT2D eigenvalue weighted by Gasteiger charge is 2.59. The van der Waals surface area contributed by atoms with E-state index in [1.165, 1.54) is 152 Å². The van der Waals surface area contributed by atoms with Crippen molar-refractivity contribution in [2.24, 2.45) is 40.4 Å². The van der Waals surface area contributed by atoms with E-state index in [9.17, 15) is 0 Å². The molecule has 3 nitrogen and oxygen atoms in total. The van der Waals surface area contributed by atoms with Gasteiger partial charge >= 0.3 is 0 Å². The average molecular weight is 1040 g/mol. The van der Waals surface area contributed by atoms with Crippen molar-refractivity contribution in [3.8, 4) is 0 Å². The van der Waals surface area contributed by atoms with E-state index in [0.29, 0.717) is 65.7 Å². The largest absolute Gasteiger partial charge is 0.490 e. The highest BCUT2D eigenvalue weighted by molar-refractivity contribution is 5.67. The quantitative estimate of drug-likeness (QED) is 0.183. The van der Waals surface area contributed by atoms with Crippen LogP contribution in [0.15, 0.2) is 162 Å². The van der Waals surface area contributed by atoms with Crippen molar-refractivity contribution in [1.29, 1.82) is 0 Å². The maximum Gasteiger partial charge on any atom is 0.115 e. The second kappa shape index (κ2) is 22.2. The van der Waals surface area contributed by atoms with Crippen molar-refractivity contribution in [3.05, 3.63) is 173 Å². The van der Waals surface area contributed by atoms with Crippen molar-refractivity contribution in [1.82, 2.24) is 4.90 Å². The Kier molecular flexibility index (Phi) is 15.1. The van der Waals surface area contributed by atoms with E-state index in [4.69, 9.17) is 4.74 Å². The molecule has 3 heteroatoms. The van der Waals surface area contributed by atoms with E-state index in [0.717, 1.165) is 37.9 Å². The number of fused-ring (bicyclic) bond motifs is 5. The van der Waals surface area contributed by atoms with Gasteiger partial charge in [-0.2, -0.15) is 0 Å². The maximum atomic E-state index is 6.82. The van der Waals surface area contributed by atoms with Crippen LogP contribution in [0.4, 0.5) is 5.69 Å². The molecule has 12 aliphatic rings. The fourth-order valence-corrected chi connectivity index (χ4v) is 19.5. The van der Waals surface area contributed by atoms with Gasteiger partial charge in [-0.15, -0.1) is 13.2 Å². The van der Waals surface area contributed by atoms with Crippen molar-refractivity contribution >= 4 is 5.69 Å². The van der Waals surface area contributed by atoms with E-state index < -0.39 is 0 Å². The van der Waals surface area contributed by atoms with Crippen molar-refractivity contribution in [3.63, 3.8) is 0 Å². The molecule has 1 heterocycles. The fraction of sp³-hybridized carbons (Fsp3) is 0.600. The molecule has 0 bridgehead atoms. The molecular formula is C75H98N2O. The standard InChI is InChI=1S/C75H98N2O/c1-6-52-25-36-62(37-26-52)77-71-48-31-55(50-70(71)74(5)49-17-16-24-72(74)77)54-29-38-60(39-30-54)76(61-40-32-57(33-41-61)73(3,4)56-18-10-8-11-19-56)63-42-47-67-66-22-14-15-23-68(66)75(69(67)51-63,58-20-12-9-13-21-58)59-34-45-65(46-35-59)78-64-43-27-53(7-2)28-44-64/h6-7,10,12,18-20,27,31-34,40,42-44,47-48,50,52-54,58,60-63,65-66,68,72H,1-2,8-9,11,13-17,21-26,28-30,35-39,41,45-46,49,51H2,3-5H3. The number of hydrogen-bond donors (Lipinski definition) is 0. The van der Waals surface area contributed by atoms with Gasteiger partial charge in [0.1, 0.15) is 11.9 Å². The maximum absolute atomic E-state index is 6.82. The first-order valence-electron chi connectivity index (χ1n) is 32.7. The predicted molar refractivity (Wildman–Crippen MR) is 328 cm³/mol. The van der Waals surface area contributed by atoms with E-state index in [2.05, 4.69) is 159 Å². The van der Waals surface area contributed by atoms with Crippen molar-refractivity contribution in [2.45, 2.75) is 242 Å². The molecule has 10 unspecified atom stereocenters. The molecule has 0 amide bonds. The molecule has 0 spiro atoms. The van der Waals surface area contributed by atoms with Gasteiger partial charge in [-0.05, 0) is 223 Å². The third-order valence-corrected chi connectivity index (χ3v) is 23.7. The summed E-state index contributed by atoms with van der Waals surface area (Å²) in [5.41, 5.74) is 13.8. The van der Waals surface area contributed by atoms with Crippen molar-refractivity contribution < 1.29 is 4.74 Å². The first kappa shape index (κ1) is 53.0. The summed E-state index contributed by atoms with van der Waals surface area (Å²) in [6, 6.07) is 10.8. The van der Waals surface area contributed by atoms with E-state index >= 15 is 0 Å². The van der Waals surface area contributed by atoms with Gasteiger partial charge in [0.15, 0.2) is 0 Å². The average Bonchev–Trinajstić information content (AvgIpc) is 4.16. The summed E-state index contributed by atoms with van der Waals surface area (Å²) in [6.07, 6.45) is 74.5. The van der Waals surface area contributed by atoms with Crippen LogP contribution in [-0.4, -0.2) is 41.2 Å². The SMILES string of the molecule is C=CC1C=CC(OC2CC=C(C3(C4C=CCCC4)C4=C(C=CC(N(C5C=CC(C(C)(C)C6=CCCC=C6)=CC5)C5CCC(c6ccc7c(c6)C6(C)CCCCC6N7C6CCC(C=C)CC6)CC5)C4)C4CCCCC43)CC2)=CC1. The molecule has 0 aromatic heterocycles. The first-order chi connectivity index (χ1) is 38.2. The number of ether oxygens (including phenoxy) is 1. The lowest BCUT2D eigenvalue weighted by atomic mass is 9.53. The molecule has 414 valence electrons. The third-order valence-electron chi connectivity index (χ3n) is 23.7. The van der Waals surface area contributed by atoms with Gasteiger partial charge in [0.2, 0.25) is 0 Å². The second-order valence-corrected chi connectivity index (χ2v) is 27.9. The molecule has 1 aromatic carbocycles. The number of hydrogen-bond acceptors (Lipinski definition) is 3. The lowest BCUT2D eigenvalue weighted by Crippen LogP contribution is -2.51. The van der Waals surface area contributed by atoms with Crippen LogP contribution in [0.3, 0.4) is 0 Å². The molecule has 10 atom stereocenters. The van der Waals surface area contributed by atoms with Crippen LogP contribution in [0.25, 0.3) is 0 Å². The van der Waals surface area contributed by atoms with Gasteiger partial charge in [-0.3, -0.25) is 4.90 Å². The Morgan fingerprint density at radius 3 is 2.26 bits per heavy atom. The fourth-order valence-electron chi connectivity index (χ4n) is 19.5. The van der Waals surface area contributed by atoms with Crippen LogP contribution in [0.2, 0.25) is 0 Å². The van der Waals surface area contributed by atoms with Crippen LogP contribution in [0, 0.1) is 40.4 Å². The van der Waals surface area contributed by atoms with Crippen LogP contribution in [-0.2, 0) is 10.2 Å². The van der Waals surface area contributed by atoms with Crippen molar-refractivity contribution in [2.75, 3.05) is 4.90 Å². The summed E-state index contributed by atoms with van der Waals surface area (Å²) >= 11 is 0. The van der Waals surface area contributed by atoms with Crippen LogP contribution < -0.4 is 4.90 Å². The number of nitrogens with zero attached hydrogens (tertiary/aromatic N) is 2. The van der Waals surface area contributed by atoms with Gasteiger partial charge in [0.25, 0.3) is 0 Å². The van der Waals surface area contributed by atoms with E-state index in [1.807, 2.05) is 5.57 Å². The van der Waals surface area contributed by atoms with E-state index in [1.54, 1.807) is 28.0 Å². The highest BCUT2D eigenvalue weighted by atomic mass is 16.5. The second-order valence-electron chi connectivity index (χ2n) is 27.9. The molecule has 1 aliphatic heterocycles. The first-order valence-corrected chi connectivity index (χ1v) is 32.7. The Hall–Kier alpha value is -4.34. The van der Waals surface area contributed by atoms with Gasteiger partial charge in [0, 0.05) is 58.6 Å². The summed E-state index contributed by atoms with van der Waals surface area (Å²) in [6.45, 7) is 15.9. The normalized spacial score (nSPS) is 38.4. The zero-order valence-electron chi connectivity index (χ0n) is 48.7. The molecule has 0 radical (unpaired) electrons. The number of rotatable bonds is 13. The minimum atomic E-state index is 0.0158. The molecule has 78 heavy (non-hydrogen) atoms. The zero-order chi connectivity index (χ0) is 53.0. The number of benzene rings is 1. The molecule has 4 saturated carbocycles.